The summed E-state index contributed by atoms with van der Waals surface area (Å²) in [7, 11) is 0. The van der Waals surface area contributed by atoms with E-state index < -0.39 is 10.8 Å². The number of hydrogen-bond acceptors (Lipinski definition) is 6. The lowest BCUT2D eigenvalue weighted by Crippen LogP contribution is -2.15. The lowest BCUT2D eigenvalue weighted by Gasteiger charge is -2.09. The zero-order chi connectivity index (χ0) is 25.1. The number of aryl methyl sites for hydroxylation is 1. The van der Waals surface area contributed by atoms with Crippen molar-refractivity contribution in [3.8, 4) is 5.75 Å². The number of nitro benzene ring substituents is 1. The highest BCUT2D eigenvalue weighted by atomic mass is 35.5. The van der Waals surface area contributed by atoms with Crippen LogP contribution >= 0.6 is 23.2 Å². The number of benzene rings is 2. The van der Waals surface area contributed by atoms with Crippen LogP contribution < -0.4 is 10.1 Å². The number of carbonyl (C=O) groups is 1. The van der Waals surface area contributed by atoms with Crippen LogP contribution in [-0.2, 0) is 13.3 Å². The second kappa shape index (κ2) is 10.2. The number of carbonyl (C=O) groups excluding carboxylic acids is 1. The van der Waals surface area contributed by atoms with Crippen LogP contribution in [0.4, 0.5) is 11.4 Å². The second-order valence-corrected chi connectivity index (χ2v) is 8.41. The molecule has 0 spiro atoms. The van der Waals surface area contributed by atoms with Gasteiger partial charge in [-0.25, -0.2) is 4.68 Å². The van der Waals surface area contributed by atoms with Gasteiger partial charge >= 0.3 is 5.69 Å². The Balaban J connectivity index is 1.45. The van der Waals surface area contributed by atoms with Gasteiger partial charge in [0.05, 0.1) is 28.5 Å². The van der Waals surface area contributed by atoms with Crippen molar-refractivity contribution in [2.45, 2.75) is 27.1 Å². The predicted octanol–water partition coefficient (Wildman–Crippen LogP) is 5.25. The summed E-state index contributed by atoms with van der Waals surface area (Å²) in [4.78, 5) is 23.4. The standard InChI is InChI=1S/C23H20Cl2N6O4/c1-14-22(15(2)30(27-14)12-16-17(24)6-5-7-18(16)25)26-23(32)19-10-11-29(28-19)13-35-21-9-4-3-8-20(21)31(33)34/h3-11H,12-13H2,1-2H3,(H,26,32). The summed E-state index contributed by atoms with van der Waals surface area (Å²) in [6.07, 6.45) is 1.55. The van der Waals surface area contributed by atoms with E-state index in [1.54, 1.807) is 48.1 Å². The molecule has 2 aromatic heterocycles. The molecule has 12 heteroatoms. The molecule has 0 radical (unpaired) electrons. The summed E-state index contributed by atoms with van der Waals surface area (Å²) in [5, 5.41) is 23.7. The maximum Gasteiger partial charge on any atom is 0.311 e. The fourth-order valence-corrected chi connectivity index (χ4v) is 3.98. The maximum absolute atomic E-state index is 12.8. The number of nitrogens with zero attached hydrogens (tertiary/aromatic N) is 5. The van der Waals surface area contributed by atoms with Gasteiger partial charge in [-0.15, -0.1) is 0 Å². The molecule has 2 aromatic carbocycles. The Morgan fingerprint density at radius 3 is 2.51 bits per heavy atom. The molecular formula is C23H20Cl2N6O4. The number of ether oxygens (including phenoxy) is 1. The number of hydrogen-bond donors (Lipinski definition) is 1. The molecule has 0 saturated carbocycles. The Morgan fingerprint density at radius 1 is 1.09 bits per heavy atom. The first-order chi connectivity index (χ1) is 16.7. The molecule has 0 saturated heterocycles. The number of rotatable bonds is 8. The number of amides is 1. The molecule has 180 valence electrons. The van der Waals surface area contributed by atoms with Crippen molar-refractivity contribution in [2.75, 3.05) is 5.32 Å². The van der Waals surface area contributed by atoms with Gasteiger partial charge in [-0.1, -0.05) is 41.4 Å². The van der Waals surface area contributed by atoms with Crippen molar-refractivity contribution < 1.29 is 14.5 Å². The number of para-hydroxylation sites is 2. The van der Waals surface area contributed by atoms with E-state index in [1.807, 2.05) is 6.92 Å². The second-order valence-electron chi connectivity index (χ2n) is 7.60. The Kier molecular flexibility index (Phi) is 7.04. The quantitative estimate of drug-likeness (QED) is 0.253. The number of anilines is 1. The van der Waals surface area contributed by atoms with E-state index in [2.05, 4.69) is 15.5 Å². The molecule has 4 rings (SSSR count). The fraction of sp³-hybridized carbons (Fsp3) is 0.174. The van der Waals surface area contributed by atoms with Crippen LogP contribution in [0.3, 0.4) is 0 Å². The van der Waals surface area contributed by atoms with Gasteiger partial charge in [0.1, 0.15) is 0 Å². The SMILES string of the molecule is Cc1nn(Cc2c(Cl)cccc2Cl)c(C)c1NC(=O)c1ccn(COc2ccccc2[N+](=O)[O-])n1. The highest BCUT2D eigenvalue weighted by Gasteiger charge is 2.19. The van der Waals surface area contributed by atoms with Crippen LogP contribution in [0, 0.1) is 24.0 Å². The molecule has 1 N–H and O–H groups in total. The summed E-state index contributed by atoms with van der Waals surface area (Å²) < 4.78 is 8.59. The lowest BCUT2D eigenvalue weighted by atomic mass is 10.2. The van der Waals surface area contributed by atoms with Crippen molar-refractivity contribution in [2.24, 2.45) is 0 Å². The molecule has 1 amide bonds. The monoisotopic (exact) mass is 514 g/mol. The number of nitro groups is 1. The molecule has 0 bridgehead atoms. The fourth-order valence-electron chi connectivity index (χ4n) is 3.46. The van der Waals surface area contributed by atoms with E-state index in [0.29, 0.717) is 28.0 Å². The average Bonchev–Trinajstić information content (AvgIpc) is 3.40. The third-order valence-corrected chi connectivity index (χ3v) is 5.99. The summed E-state index contributed by atoms with van der Waals surface area (Å²) in [5.74, 6) is -0.327. The van der Waals surface area contributed by atoms with Gasteiger partial charge in [0, 0.05) is 27.9 Å². The average molecular weight is 515 g/mol. The molecule has 0 aliphatic carbocycles. The first kappa shape index (κ1) is 24.2. The smallest absolute Gasteiger partial charge is 0.311 e. The zero-order valence-corrected chi connectivity index (χ0v) is 20.2. The summed E-state index contributed by atoms with van der Waals surface area (Å²) in [5.41, 5.74) is 2.64. The lowest BCUT2D eigenvalue weighted by molar-refractivity contribution is -0.386. The van der Waals surface area contributed by atoms with Gasteiger partial charge in [-0.3, -0.25) is 19.6 Å². The molecule has 0 atom stereocenters. The molecule has 4 aromatic rings. The Bertz CT molecular complexity index is 1390. The minimum absolute atomic E-state index is 0.104. The Labute approximate surface area is 210 Å². The first-order valence-corrected chi connectivity index (χ1v) is 11.2. The summed E-state index contributed by atoms with van der Waals surface area (Å²) in [6.45, 7) is 3.86. The van der Waals surface area contributed by atoms with Crippen LogP contribution in [-0.4, -0.2) is 30.4 Å². The largest absolute Gasteiger partial charge is 0.464 e. The normalized spacial score (nSPS) is 10.9. The molecular weight excluding hydrogens is 495 g/mol. The van der Waals surface area contributed by atoms with Crippen molar-refractivity contribution in [1.82, 2.24) is 19.6 Å². The van der Waals surface area contributed by atoms with Crippen LogP contribution in [0.1, 0.15) is 27.4 Å². The maximum atomic E-state index is 12.8. The molecule has 35 heavy (non-hydrogen) atoms. The number of nitrogens with one attached hydrogen (secondary N) is 1. The van der Waals surface area contributed by atoms with Crippen molar-refractivity contribution in [3.63, 3.8) is 0 Å². The van der Waals surface area contributed by atoms with Crippen LogP contribution in [0.5, 0.6) is 5.75 Å². The van der Waals surface area contributed by atoms with Crippen LogP contribution in [0.15, 0.2) is 54.7 Å². The minimum Gasteiger partial charge on any atom is -0.464 e. The number of aromatic nitrogens is 4. The molecule has 2 heterocycles. The highest BCUT2D eigenvalue weighted by Crippen LogP contribution is 2.28. The van der Waals surface area contributed by atoms with E-state index in [4.69, 9.17) is 27.9 Å². The summed E-state index contributed by atoms with van der Waals surface area (Å²) >= 11 is 12.6. The van der Waals surface area contributed by atoms with Crippen molar-refractivity contribution in [3.05, 3.63) is 97.5 Å². The van der Waals surface area contributed by atoms with Gasteiger partial charge in [-0.05, 0) is 38.1 Å². The zero-order valence-electron chi connectivity index (χ0n) is 18.7. The Morgan fingerprint density at radius 2 is 1.80 bits per heavy atom. The molecule has 0 unspecified atom stereocenters. The van der Waals surface area contributed by atoms with E-state index in [-0.39, 0.29) is 23.9 Å². The summed E-state index contributed by atoms with van der Waals surface area (Å²) in [6, 6.07) is 12.8. The Hall–Kier alpha value is -3.89. The van der Waals surface area contributed by atoms with Gasteiger partial charge in [0.15, 0.2) is 18.2 Å². The molecule has 10 nitrogen and oxygen atoms in total. The van der Waals surface area contributed by atoms with Crippen molar-refractivity contribution in [1.29, 1.82) is 0 Å². The van der Waals surface area contributed by atoms with Gasteiger partial charge in [0.2, 0.25) is 0 Å². The van der Waals surface area contributed by atoms with E-state index in [0.717, 1.165) is 11.3 Å². The third kappa shape index (κ3) is 5.28. The van der Waals surface area contributed by atoms with Crippen LogP contribution in [0.25, 0.3) is 0 Å². The van der Waals surface area contributed by atoms with Gasteiger partial charge in [0.25, 0.3) is 5.91 Å². The predicted molar refractivity (Wildman–Crippen MR) is 131 cm³/mol. The van der Waals surface area contributed by atoms with Crippen molar-refractivity contribution >= 4 is 40.5 Å². The van der Waals surface area contributed by atoms with E-state index >= 15 is 0 Å². The topological polar surface area (TPSA) is 117 Å². The molecule has 0 aliphatic rings. The molecule has 0 fully saturated rings. The highest BCUT2D eigenvalue weighted by molar-refractivity contribution is 6.36. The molecule has 0 aliphatic heterocycles. The number of halogens is 2. The first-order valence-electron chi connectivity index (χ1n) is 10.4. The van der Waals surface area contributed by atoms with E-state index in [1.165, 1.54) is 22.9 Å². The van der Waals surface area contributed by atoms with Crippen LogP contribution in [0.2, 0.25) is 10.0 Å². The minimum atomic E-state index is -0.526. The van der Waals surface area contributed by atoms with E-state index in [9.17, 15) is 14.9 Å². The van der Waals surface area contributed by atoms with Gasteiger partial charge in [-0.2, -0.15) is 10.2 Å². The van der Waals surface area contributed by atoms with Gasteiger partial charge < -0.3 is 10.1 Å². The third-order valence-electron chi connectivity index (χ3n) is 5.28.